The predicted octanol–water partition coefficient (Wildman–Crippen LogP) is 2.16. The molecule has 2 rings (SSSR count). The highest BCUT2D eigenvalue weighted by atomic mass is 15.3. The number of hydrogen-bond donors (Lipinski definition) is 0. The number of rotatable bonds is 1. The van der Waals surface area contributed by atoms with E-state index >= 15 is 0 Å². The van der Waals surface area contributed by atoms with Crippen molar-refractivity contribution in [1.29, 1.82) is 0 Å². The maximum atomic E-state index is 4.17. The Balaban J connectivity index is 2.70. The van der Waals surface area contributed by atoms with Crippen molar-refractivity contribution < 1.29 is 0 Å². The van der Waals surface area contributed by atoms with Gasteiger partial charge in [0.1, 0.15) is 6.33 Å². The molecular formula is C10H13N3. The van der Waals surface area contributed by atoms with E-state index in [1.54, 1.807) is 6.33 Å². The molecule has 3 heteroatoms. The summed E-state index contributed by atoms with van der Waals surface area (Å²) in [7, 11) is 0. The lowest BCUT2D eigenvalue weighted by Crippen LogP contribution is -1.96. The van der Waals surface area contributed by atoms with Crippen molar-refractivity contribution in [3.63, 3.8) is 0 Å². The molecule has 0 saturated heterocycles. The zero-order valence-electron chi connectivity index (χ0n) is 8.15. The molecule has 0 aliphatic heterocycles. The van der Waals surface area contributed by atoms with Gasteiger partial charge in [-0.3, -0.25) is 0 Å². The van der Waals surface area contributed by atoms with Crippen molar-refractivity contribution in [2.45, 2.75) is 26.7 Å². The smallest absolute Gasteiger partial charge is 0.158 e. The molecule has 0 unspecified atom stereocenters. The normalized spacial score (nSPS) is 11.4. The Bertz CT molecular complexity index is 429. The molecule has 0 aromatic carbocycles. The van der Waals surface area contributed by atoms with Crippen molar-refractivity contribution in [2.24, 2.45) is 0 Å². The van der Waals surface area contributed by atoms with Gasteiger partial charge in [0.15, 0.2) is 5.65 Å². The van der Waals surface area contributed by atoms with Crippen molar-refractivity contribution in [1.82, 2.24) is 14.6 Å². The highest BCUT2D eigenvalue weighted by Crippen LogP contribution is 2.17. The van der Waals surface area contributed by atoms with Crippen LogP contribution < -0.4 is 0 Å². The average molecular weight is 175 g/mol. The number of aromatic nitrogens is 3. The largest absolute Gasteiger partial charge is 0.221 e. The summed E-state index contributed by atoms with van der Waals surface area (Å²) < 4.78 is 1.84. The van der Waals surface area contributed by atoms with Crippen LogP contribution in [0.2, 0.25) is 0 Å². The first-order valence-electron chi connectivity index (χ1n) is 4.48. The number of hydrogen-bond acceptors (Lipinski definition) is 2. The number of fused-ring (bicyclic) bond motifs is 1. The number of pyridine rings is 1. The fourth-order valence-corrected chi connectivity index (χ4v) is 1.44. The van der Waals surface area contributed by atoms with E-state index in [9.17, 15) is 0 Å². The third-order valence-electron chi connectivity index (χ3n) is 2.25. The van der Waals surface area contributed by atoms with Crippen LogP contribution in [0, 0.1) is 6.92 Å². The van der Waals surface area contributed by atoms with Gasteiger partial charge in [0.2, 0.25) is 0 Å². The van der Waals surface area contributed by atoms with E-state index in [1.165, 1.54) is 11.1 Å². The summed E-state index contributed by atoms with van der Waals surface area (Å²) >= 11 is 0. The van der Waals surface area contributed by atoms with Crippen molar-refractivity contribution in [2.75, 3.05) is 0 Å². The van der Waals surface area contributed by atoms with Crippen LogP contribution in [-0.2, 0) is 0 Å². The predicted molar refractivity (Wildman–Crippen MR) is 51.8 cm³/mol. The summed E-state index contributed by atoms with van der Waals surface area (Å²) in [5.41, 5.74) is 3.43. The standard InChI is InChI=1S/C10H13N3/c1-7(2)9-4-8(3)10-11-6-12-13(10)5-9/h4-7H,1-3H3. The fourth-order valence-electron chi connectivity index (χ4n) is 1.44. The molecule has 0 aliphatic rings. The Morgan fingerprint density at radius 2 is 2.15 bits per heavy atom. The van der Waals surface area contributed by atoms with Gasteiger partial charge in [-0.05, 0) is 24.0 Å². The molecule has 13 heavy (non-hydrogen) atoms. The summed E-state index contributed by atoms with van der Waals surface area (Å²) in [6, 6.07) is 2.18. The monoisotopic (exact) mass is 175 g/mol. The molecule has 68 valence electrons. The van der Waals surface area contributed by atoms with Gasteiger partial charge in [0.25, 0.3) is 0 Å². The summed E-state index contributed by atoms with van der Waals surface area (Å²) in [6.07, 6.45) is 3.63. The number of aryl methyl sites for hydroxylation is 1. The molecule has 0 fully saturated rings. The van der Waals surface area contributed by atoms with E-state index in [-0.39, 0.29) is 0 Å². The zero-order chi connectivity index (χ0) is 9.42. The lowest BCUT2D eigenvalue weighted by Gasteiger charge is -2.06. The van der Waals surface area contributed by atoms with E-state index in [2.05, 4.69) is 36.9 Å². The first kappa shape index (κ1) is 8.23. The van der Waals surface area contributed by atoms with Crippen LogP contribution in [0.4, 0.5) is 0 Å². The lowest BCUT2D eigenvalue weighted by molar-refractivity contribution is 0.832. The maximum absolute atomic E-state index is 4.17. The van der Waals surface area contributed by atoms with Crippen LogP contribution in [0.15, 0.2) is 18.6 Å². The molecule has 2 aromatic heterocycles. The third-order valence-corrected chi connectivity index (χ3v) is 2.25. The molecule has 0 aliphatic carbocycles. The molecule has 0 saturated carbocycles. The SMILES string of the molecule is Cc1cc(C(C)C)cn2ncnc12. The molecule has 0 spiro atoms. The molecule has 0 radical (unpaired) electrons. The van der Waals surface area contributed by atoms with Crippen molar-refractivity contribution >= 4 is 5.65 Å². The van der Waals surface area contributed by atoms with Crippen LogP contribution in [0.5, 0.6) is 0 Å². The van der Waals surface area contributed by atoms with Gasteiger partial charge < -0.3 is 0 Å². The Hall–Kier alpha value is -1.38. The van der Waals surface area contributed by atoms with Gasteiger partial charge in [-0.15, -0.1) is 0 Å². The van der Waals surface area contributed by atoms with Crippen LogP contribution in [0.3, 0.4) is 0 Å². The topological polar surface area (TPSA) is 30.2 Å². The van der Waals surface area contributed by atoms with E-state index < -0.39 is 0 Å². The van der Waals surface area contributed by atoms with Gasteiger partial charge in [-0.1, -0.05) is 19.9 Å². The molecule has 2 aromatic rings. The van der Waals surface area contributed by atoms with Gasteiger partial charge in [0.05, 0.1) is 0 Å². The van der Waals surface area contributed by atoms with E-state index in [0.29, 0.717) is 5.92 Å². The summed E-state index contributed by atoms with van der Waals surface area (Å²) in [5, 5.41) is 4.13. The summed E-state index contributed by atoms with van der Waals surface area (Å²) in [5.74, 6) is 0.535. The third kappa shape index (κ3) is 1.30. The Kier molecular flexibility index (Phi) is 1.79. The Morgan fingerprint density at radius 3 is 2.85 bits per heavy atom. The van der Waals surface area contributed by atoms with Gasteiger partial charge in [-0.25, -0.2) is 9.50 Å². The Labute approximate surface area is 77.4 Å². The average Bonchev–Trinajstić information content (AvgIpc) is 2.51. The van der Waals surface area contributed by atoms with Crippen LogP contribution in [0.1, 0.15) is 30.9 Å². The second kappa shape index (κ2) is 2.83. The van der Waals surface area contributed by atoms with Crippen molar-refractivity contribution in [3.8, 4) is 0 Å². The lowest BCUT2D eigenvalue weighted by atomic mass is 10.0. The highest BCUT2D eigenvalue weighted by molar-refractivity contribution is 5.47. The van der Waals surface area contributed by atoms with Crippen molar-refractivity contribution in [3.05, 3.63) is 29.7 Å². The Morgan fingerprint density at radius 1 is 1.38 bits per heavy atom. The van der Waals surface area contributed by atoms with E-state index in [0.717, 1.165) is 5.65 Å². The van der Waals surface area contributed by atoms with Gasteiger partial charge in [0, 0.05) is 6.20 Å². The van der Waals surface area contributed by atoms with E-state index in [4.69, 9.17) is 0 Å². The van der Waals surface area contributed by atoms with Gasteiger partial charge in [-0.2, -0.15) is 5.10 Å². The molecule has 0 bridgehead atoms. The van der Waals surface area contributed by atoms with Crippen LogP contribution in [0.25, 0.3) is 5.65 Å². The molecule has 0 atom stereocenters. The van der Waals surface area contributed by atoms with Crippen LogP contribution in [-0.4, -0.2) is 14.6 Å². The second-order valence-corrected chi connectivity index (χ2v) is 3.64. The molecule has 3 nitrogen and oxygen atoms in total. The number of nitrogens with zero attached hydrogens (tertiary/aromatic N) is 3. The highest BCUT2D eigenvalue weighted by Gasteiger charge is 2.04. The molecule has 0 amide bonds. The molecular weight excluding hydrogens is 162 g/mol. The summed E-state index contributed by atoms with van der Waals surface area (Å²) in [6.45, 7) is 6.42. The minimum atomic E-state index is 0.535. The molecule has 0 N–H and O–H groups in total. The molecule has 2 heterocycles. The minimum absolute atomic E-state index is 0.535. The maximum Gasteiger partial charge on any atom is 0.158 e. The minimum Gasteiger partial charge on any atom is -0.221 e. The van der Waals surface area contributed by atoms with Crippen LogP contribution >= 0.6 is 0 Å². The first-order chi connectivity index (χ1) is 6.18. The quantitative estimate of drug-likeness (QED) is 0.664. The van der Waals surface area contributed by atoms with E-state index in [1.807, 2.05) is 10.7 Å². The second-order valence-electron chi connectivity index (χ2n) is 3.64. The summed E-state index contributed by atoms with van der Waals surface area (Å²) in [4.78, 5) is 4.17. The fraction of sp³-hybridized carbons (Fsp3) is 0.400. The zero-order valence-corrected chi connectivity index (χ0v) is 8.15. The first-order valence-corrected chi connectivity index (χ1v) is 4.48. The van der Waals surface area contributed by atoms with Gasteiger partial charge >= 0.3 is 0 Å².